The van der Waals surface area contributed by atoms with Crippen molar-refractivity contribution in [3.63, 3.8) is 0 Å². The summed E-state index contributed by atoms with van der Waals surface area (Å²) in [5.41, 5.74) is 1.82. The number of nitrogens with zero attached hydrogens (tertiary/aromatic N) is 2. The van der Waals surface area contributed by atoms with Crippen LogP contribution in [0.1, 0.15) is 5.56 Å². The molecule has 0 spiro atoms. The van der Waals surface area contributed by atoms with Crippen LogP contribution in [0.5, 0.6) is 0 Å². The molecule has 1 saturated heterocycles. The van der Waals surface area contributed by atoms with Crippen LogP contribution in [0, 0.1) is 6.07 Å². The average molecular weight is 313 g/mol. The fourth-order valence-electron chi connectivity index (χ4n) is 2.57. The quantitative estimate of drug-likeness (QED) is 0.816. The van der Waals surface area contributed by atoms with Gasteiger partial charge in [-0.1, -0.05) is 42.5 Å². The van der Waals surface area contributed by atoms with Gasteiger partial charge in [-0.3, -0.25) is 4.90 Å². The first-order chi connectivity index (χ1) is 11.2. The van der Waals surface area contributed by atoms with Crippen LogP contribution in [-0.2, 0) is 11.3 Å². The highest BCUT2D eigenvalue weighted by molar-refractivity contribution is 5.68. The zero-order valence-corrected chi connectivity index (χ0v) is 12.7. The van der Waals surface area contributed by atoms with E-state index in [1.165, 1.54) is 0 Å². The van der Waals surface area contributed by atoms with E-state index < -0.39 is 12.4 Å². The van der Waals surface area contributed by atoms with Crippen molar-refractivity contribution >= 4 is 11.8 Å². The highest BCUT2D eigenvalue weighted by Crippen LogP contribution is 2.20. The molecule has 1 fully saturated rings. The lowest BCUT2D eigenvalue weighted by Crippen LogP contribution is -2.53. The first-order valence-electron chi connectivity index (χ1n) is 7.56. The molecule has 0 aliphatic carbocycles. The number of alkyl halides is 1. The summed E-state index contributed by atoms with van der Waals surface area (Å²) in [5, 5.41) is 0. The molecular weight excluding hydrogens is 295 g/mol. The van der Waals surface area contributed by atoms with Gasteiger partial charge in [0.1, 0.15) is 6.61 Å². The molecule has 0 bridgehead atoms. The smallest absolute Gasteiger partial charge is 0.412 e. The zero-order valence-electron chi connectivity index (χ0n) is 12.7. The van der Waals surface area contributed by atoms with Gasteiger partial charge in [0.15, 0.2) is 6.30 Å². The monoisotopic (exact) mass is 313 g/mol. The maximum atomic E-state index is 14.3. The second-order valence-corrected chi connectivity index (χ2v) is 5.37. The molecule has 0 N–H and O–H groups in total. The minimum absolute atomic E-state index is 0.143. The number of halogens is 1. The van der Waals surface area contributed by atoms with Crippen LogP contribution in [0.2, 0.25) is 0 Å². The van der Waals surface area contributed by atoms with E-state index in [-0.39, 0.29) is 13.2 Å². The van der Waals surface area contributed by atoms with Crippen LogP contribution in [0.15, 0.2) is 54.6 Å². The van der Waals surface area contributed by atoms with E-state index in [1.54, 1.807) is 12.1 Å². The number of anilines is 1. The molecule has 1 radical (unpaired) electrons. The molecule has 3 rings (SSSR count). The lowest BCUT2D eigenvalue weighted by atomic mass is 10.2. The summed E-state index contributed by atoms with van der Waals surface area (Å²) in [7, 11) is 0. The minimum atomic E-state index is -1.38. The van der Waals surface area contributed by atoms with Crippen molar-refractivity contribution in [1.82, 2.24) is 4.90 Å². The molecule has 23 heavy (non-hydrogen) atoms. The molecule has 1 aliphatic rings. The van der Waals surface area contributed by atoms with Gasteiger partial charge in [0.25, 0.3) is 0 Å². The number of carbonyl (C=O) groups excluding carboxylic acids is 1. The van der Waals surface area contributed by atoms with Gasteiger partial charge in [0.05, 0.1) is 6.54 Å². The van der Waals surface area contributed by atoms with Crippen molar-refractivity contribution in [1.29, 1.82) is 0 Å². The van der Waals surface area contributed by atoms with Crippen LogP contribution in [0.4, 0.5) is 14.9 Å². The first-order valence-corrected chi connectivity index (χ1v) is 7.56. The summed E-state index contributed by atoms with van der Waals surface area (Å²) in [4.78, 5) is 15.1. The summed E-state index contributed by atoms with van der Waals surface area (Å²) in [6.45, 7) is 1.17. The van der Waals surface area contributed by atoms with E-state index >= 15 is 0 Å². The third-order valence-electron chi connectivity index (χ3n) is 3.83. The molecule has 2 aromatic rings. The summed E-state index contributed by atoms with van der Waals surface area (Å²) in [5.74, 6) is 0. The molecule has 1 atom stereocenters. The second kappa shape index (κ2) is 7.13. The standard InChI is InChI=1S/C18H18FN2O2/c19-17-13-20(16-9-5-2-6-10-16)11-12-21(17)18(22)23-14-15-7-3-1-4-8-15/h1,3-10,17H,11-14H2. The number of benzene rings is 2. The summed E-state index contributed by atoms with van der Waals surface area (Å²) < 4.78 is 19.5. The van der Waals surface area contributed by atoms with E-state index in [2.05, 4.69) is 6.07 Å². The van der Waals surface area contributed by atoms with Crippen LogP contribution >= 0.6 is 0 Å². The number of ether oxygens (including phenoxy) is 1. The predicted molar refractivity (Wildman–Crippen MR) is 85.7 cm³/mol. The van der Waals surface area contributed by atoms with E-state index in [9.17, 15) is 9.18 Å². The number of rotatable bonds is 3. The Hall–Kier alpha value is -2.56. The molecule has 1 amide bonds. The second-order valence-electron chi connectivity index (χ2n) is 5.37. The Morgan fingerprint density at radius 2 is 1.91 bits per heavy atom. The number of hydrogen-bond donors (Lipinski definition) is 0. The van der Waals surface area contributed by atoms with Gasteiger partial charge in [0, 0.05) is 18.8 Å². The van der Waals surface area contributed by atoms with Gasteiger partial charge in [-0.05, 0) is 23.8 Å². The molecule has 119 valence electrons. The van der Waals surface area contributed by atoms with Crippen molar-refractivity contribution in [2.24, 2.45) is 0 Å². The SMILES string of the molecule is O=C(OCc1ccccc1)N1CCN(c2cc[c]cc2)CC1F. The van der Waals surface area contributed by atoms with Gasteiger partial charge in [0.2, 0.25) is 0 Å². The molecule has 0 saturated carbocycles. The van der Waals surface area contributed by atoms with Gasteiger partial charge in [-0.15, -0.1) is 0 Å². The van der Waals surface area contributed by atoms with E-state index in [0.717, 1.165) is 16.2 Å². The third kappa shape index (κ3) is 3.80. The van der Waals surface area contributed by atoms with Gasteiger partial charge in [-0.25, -0.2) is 9.18 Å². The normalized spacial score (nSPS) is 17.9. The van der Waals surface area contributed by atoms with Crippen LogP contribution in [-0.4, -0.2) is 36.9 Å². The molecule has 2 aromatic carbocycles. The number of carbonyl (C=O) groups is 1. The third-order valence-corrected chi connectivity index (χ3v) is 3.83. The molecule has 4 nitrogen and oxygen atoms in total. The van der Waals surface area contributed by atoms with Gasteiger partial charge >= 0.3 is 6.09 Å². The van der Waals surface area contributed by atoms with Gasteiger partial charge in [-0.2, -0.15) is 0 Å². The van der Waals surface area contributed by atoms with Crippen LogP contribution in [0.3, 0.4) is 0 Å². The van der Waals surface area contributed by atoms with E-state index in [0.29, 0.717) is 13.1 Å². The van der Waals surface area contributed by atoms with Crippen molar-refractivity contribution in [3.8, 4) is 0 Å². The Labute approximate surface area is 135 Å². The van der Waals surface area contributed by atoms with Crippen molar-refractivity contribution in [3.05, 3.63) is 66.2 Å². The van der Waals surface area contributed by atoms with E-state index in [1.807, 2.05) is 47.4 Å². The molecule has 1 unspecified atom stereocenters. The molecule has 1 heterocycles. The molecule has 0 aromatic heterocycles. The number of hydrogen-bond acceptors (Lipinski definition) is 3. The zero-order chi connectivity index (χ0) is 16.1. The first kappa shape index (κ1) is 15.3. The van der Waals surface area contributed by atoms with Crippen molar-refractivity contribution in [2.75, 3.05) is 24.5 Å². The molecular formula is C18H18FN2O2. The Morgan fingerprint density at radius 1 is 1.17 bits per heavy atom. The van der Waals surface area contributed by atoms with E-state index in [4.69, 9.17) is 4.74 Å². The highest BCUT2D eigenvalue weighted by atomic mass is 19.1. The average Bonchev–Trinajstić information content (AvgIpc) is 2.61. The fourth-order valence-corrected chi connectivity index (χ4v) is 2.57. The minimum Gasteiger partial charge on any atom is -0.444 e. The fraction of sp³-hybridized carbons (Fsp3) is 0.278. The largest absolute Gasteiger partial charge is 0.444 e. The maximum absolute atomic E-state index is 14.3. The number of piperazine rings is 1. The lowest BCUT2D eigenvalue weighted by molar-refractivity contribution is 0.0380. The summed E-state index contributed by atoms with van der Waals surface area (Å²) >= 11 is 0. The summed E-state index contributed by atoms with van der Waals surface area (Å²) in [6, 6.07) is 19.7. The number of amides is 1. The topological polar surface area (TPSA) is 32.8 Å². The predicted octanol–water partition coefficient (Wildman–Crippen LogP) is 3.24. The molecule has 5 heteroatoms. The van der Waals surface area contributed by atoms with Crippen LogP contribution < -0.4 is 4.90 Å². The van der Waals surface area contributed by atoms with Gasteiger partial charge < -0.3 is 9.64 Å². The highest BCUT2D eigenvalue weighted by Gasteiger charge is 2.31. The lowest BCUT2D eigenvalue weighted by Gasteiger charge is -2.37. The van der Waals surface area contributed by atoms with Crippen LogP contribution in [0.25, 0.3) is 0 Å². The van der Waals surface area contributed by atoms with Crippen molar-refractivity contribution in [2.45, 2.75) is 12.9 Å². The summed E-state index contributed by atoms with van der Waals surface area (Å²) in [6.07, 6.45) is -1.99. The maximum Gasteiger partial charge on any atom is 0.412 e. The Balaban J connectivity index is 1.54. The Morgan fingerprint density at radius 3 is 2.61 bits per heavy atom. The van der Waals surface area contributed by atoms with Crippen molar-refractivity contribution < 1.29 is 13.9 Å². The molecule has 1 aliphatic heterocycles. The Kier molecular flexibility index (Phi) is 4.76. The Bertz CT molecular complexity index is 636.